The predicted molar refractivity (Wildman–Crippen MR) is 95.0 cm³/mol. The summed E-state index contributed by atoms with van der Waals surface area (Å²) in [4.78, 5) is 26.1. The van der Waals surface area contributed by atoms with Crippen LogP contribution in [-0.2, 0) is 16.8 Å². The van der Waals surface area contributed by atoms with E-state index >= 15 is 0 Å². The Morgan fingerprint density at radius 3 is 2.38 bits per heavy atom. The lowest BCUT2D eigenvalue weighted by molar-refractivity contribution is -0.116. The molecule has 0 spiro atoms. The lowest BCUT2D eigenvalue weighted by Gasteiger charge is -2.19. The van der Waals surface area contributed by atoms with Crippen molar-refractivity contribution < 1.29 is 9.59 Å². The molecule has 1 N–H and O–H groups in total. The van der Waals surface area contributed by atoms with Crippen LogP contribution in [0.1, 0.15) is 42.3 Å². The van der Waals surface area contributed by atoms with Gasteiger partial charge in [0.05, 0.1) is 0 Å². The summed E-state index contributed by atoms with van der Waals surface area (Å²) in [6, 6.07) is 15.3. The third-order valence-electron chi connectivity index (χ3n) is 4.27. The van der Waals surface area contributed by atoms with E-state index in [0.29, 0.717) is 12.1 Å². The molecular weight excluding hydrogens is 300 g/mol. The standard InChI is InChI=1S/C20H22N2O2/c1-20(2,3)15-8-10-16(11-9-15)21-18(23)13-22-12-14-6-4-5-7-17(14)19(22)24/h4-11H,12-13H2,1-3H3,(H,21,23). The Balaban J connectivity index is 1.62. The lowest BCUT2D eigenvalue weighted by atomic mass is 9.87. The average Bonchev–Trinajstić information content (AvgIpc) is 2.83. The molecule has 1 aliphatic heterocycles. The monoisotopic (exact) mass is 322 g/mol. The molecule has 0 fully saturated rings. The van der Waals surface area contributed by atoms with Gasteiger partial charge in [0.2, 0.25) is 5.91 Å². The second-order valence-corrected chi connectivity index (χ2v) is 7.19. The van der Waals surface area contributed by atoms with Crippen LogP contribution in [0.4, 0.5) is 5.69 Å². The number of carbonyl (C=O) groups is 2. The molecule has 0 saturated heterocycles. The normalized spacial score (nSPS) is 13.8. The zero-order valence-corrected chi connectivity index (χ0v) is 14.3. The number of hydrogen-bond donors (Lipinski definition) is 1. The number of nitrogens with one attached hydrogen (secondary N) is 1. The summed E-state index contributed by atoms with van der Waals surface area (Å²) in [6.45, 7) is 7.01. The minimum Gasteiger partial charge on any atom is -0.325 e. The van der Waals surface area contributed by atoms with Crippen LogP contribution in [0, 0.1) is 0 Å². The van der Waals surface area contributed by atoms with E-state index in [4.69, 9.17) is 0 Å². The van der Waals surface area contributed by atoms with Gasteiger partial charge in [-0.05, 0) is 34.7 Å². The van der Waals surface area contributed by atoms with Crippen LogP contribution in [0.15, 0.2) is 48.5 Å². The molecule has 0 atom stereocenters. The Bertz CT molecular complexity index is 773. The van der Waals surface area contributed by atoms with E-state index in [9.17, 15) is 9.59 Å². The van der Waals surface area contributed by atoms with Crippen molar-refractivity contribution in [2.75, 3.05) is 11.9 Å². The Labute approximate surface area is 142 Å². The van der Waals surface area contributed by atoms with E-state index in [1.54, 1.807) is 11.0 Å². The van der Waals surface area contributed by atoms with Crippen molar-refractivity contribution in [1.29, 1.82) is 0 Å². The van der Waals surface area contributed by atoms with Crippen molar-refractivity contribution in [3.05, 3.63) is 65.2 Å². The van der Waals surface area contributed by atoms with Crippen molar-refractivity contribution in [3.8, 4) is 0 Å². The van der Waals surface area contributed by atoms with Crippen LogP contribution in [0.2, 0.25) is 0 Å². The van der Waals surface area contributed by atoms with Gasteiger partial charge >= 0.3 is 0 Å². The van der Waals surface area contributed by atoms with Crippen LogP contribution < -0.4 is 5.32 Å². The molecular formula is C20H22N2O2. The fourth-order valence-corrected chi connectivity index (χ4v) is 2.87. The summed E-state index contributed by atoms with van der Waals surface area (Å²) in [7, 11) is 0. The number of carbonyl (C=O) groups excluding carboxylic acids is 2. The Morgan fingerprint density at radius 1 is 1.08 bits per heavy atom. The quantitative estimate of drug-likeness (QED) is 0.939. The van der Waals surface area contributed by atoms with Crippen molar-refractivity contribution in [3.63, 3.8) is 0 Å². The smallest absolute Gasteiger partial charge is 0.254 e. The average molecular weight is 322 g/mol. The fraction of sp³-hybridized carbons (Fsp3) is 0.300. The summed E-state index contributed by atoms with van der Waals surface area (Å²) < 4.78 is 0. The lowest BCUT2D eigenvalue weighted by Crippen LogP contribution is -2.33. The van der Waals surface area contributed by atoms with Crippen LogP contribution in [0.25, 0.3) is 0 Å². The molecule has 1 heterocycles. The van der Waals surface area contributed by atoms with Gasteiger partial charge in [0.25, 0.3) is 5.91 Å². The summed E-state index contributed by atoms with van der Waals surface area (Å²) in [5, 5.41) is 2.86. The largest absolute Gasteiger partial charge is 0.325 e. The van der Waals surface area contributed by atoms with Gasteiger partial charge in [-0.2, -0.15) is 0 Å². The Hall–Kier alpha value is -2.62. The minimum absolute atomic E-state index is 0.0640. The summed E-state index contributed by atoms with van der Waals surface area (Å²) in [6.07, 6.45) is 0. The number of hydrogen-bond acceptors (Lipinski definition) is 2. The van der Waals surface area contributed by atoms with Gasteiger partial charge in [0.15, 0.2) is 0 Å². The molecule has 0 bridgehead atoms. The molecule has 0 unspecified atom stereocenters. The Morgan fingerprint density at radius 2 is 1.75 bits per heavy atom. The van der Waals surface area contributed by atoms with E-state index in [1.807, 2.05) is 42.5 Å². The first-order valence-electron chi connectivity index (χ1n) is 8.12. The zero-order valence-electron chi connectivity index (χ0n) is 14.3. The second kappa shape index (κ2) is 6.11. The molecule has 0 radical (unpaired) electrons. The van der Waals surface area contributed by atoms with E-state index in [1.165, 1.54) is 5.56 Å². The minimum atomic E-state index is -0.181. The van der Waals surface area contributed by atoms with Gasteiger partial charge in [-0.15, -0.1) is 0 Å². The van der Waals surface area contributed by atoms with Crippen LogP contribution in [0.3, 0.4) is 0 Å². The van der Waals surface area contributed by atoms with Crippen molar-refractivity contribution in [2.45, 2.75) is 32.7 Å². The van der Waals surface area contributed by atoms with E-state index in [-0.39, 0.29) is 23.8 Å². The fourth-order valence-electron chi connectivity index (χ4n) is 2.87. The molecule has 124 valence electrons. The SMILES string of the molecule is CC(C)(C)c1ccc(NC(=O)CN2Cc3ccccc3C2=O)cc1. The van der Waals surface area contributed by atoms with Crippen molar-refractivity contribution in [1.82, 2.24) is 4.90 Å². The summed E-state index contributed by atoms with van der Waals surface area (Å²) >= 11 is 0. The molecule has 24 heavy (non-hydrogen) atoms. The van der Waals surface area contributed by atoms with Crippen molar-refractivity contribution in [2.24, 2.45) is 0 Å². The number of benzene rings is 2. The van der Waals surface area contributed by atoms with Crippen molar-refractivity contribution >= 4 is 17.5 Å². The van der Waals surface area contributed by atoms with Gasteiger partial charge in [-0.3, -0.25) is 9.59 Å². The van der Waals surface area contributed by atoms with Gasteiger partial charge in [0.1, 0.15) is 6.54 Å². The number of fused-ring (bicyclic) bond motifs is 1. The van der Waals surface area contributed by atoms with E-state index in [2.05, 4.69) is 26.1 Å². The molecule has 2 amide bonds. The topological polar surface area (TPSA) is 49.4 Å². The van der Waals surface area contributed by atoms with Crippen LogP contribution in [0.5, 0.6) is 0 Å². The summed E-state index contributed by atoms with van der Waals surface area (Å²) in [5.74, 6) is -0.261. The highest BCUT2D eigenvalue weighted by atomic mass is 16.2. The molecule has 0 aromatic heterocycles. The van der Waals surface area contributed by atoms with Crippen LogP contribution >= 0.6 is 0 Å². The maximum Gasteiger partial charge on any atom is 0.254 e. The summed E-state index contributed by atoms with van der Waals surface area (Å²) in [5.41, 5.74) is 3.71. The van der Waals surface area contributed by atoms with Crippen LogP contribution in [-0.4, -0.2) is 23.3 Å². The number of rotatable bonds is 3. The van der Waals surface area contributed by atoms with Gasteiger partial charge in [0, 0.05) is 17.8 Å². The van der Waals surface area contributed by atoms with Gasteiger partial charge in [-0.25, -0.2) is 0 Å². The maximum absolute atomic E-state index is 12.3. The number of anilines is 1. The zero-order chi connectivity index (χ0) is 17.3. The molecule has 0 aliphatic carbocycles. The molecule has 2 aromatic rings. The third-order valence-corrected chi connectivity index (χ3v) is 4.27. The molecule has 2 aromatic carbocycles. The first-order chi connectivity index (χ1) is 11.3. The molecule has 4 heteroatoms. The van der Waals surface area contributed by atoms with Gasteiger partial charge in [-0.1, -0.05) is 51.1 Å². The first kappa shape index (κ1) is 16.2. The molecule has 4 nitrogen and oxygen atoms in total. The second-order valence-electron chi connectivity index (χ2n) is 7.19. The number of nitrogens with zero attached hydrogens (tertiary/aromatic N) is 1. The number of amides is 2. The molecule has 3 rings (SSSR count). The first-order valence-corrected chi connectivity index (χ1v) is 8.12. The van der Waals surface area contributed by atoms with E-state index < -0.39 is 0 Å². The maximum atomic E-state index is 12.3. The Kier molecular flexibility index (Phi) is 4.14. The molecule has 0 saturated carbocycles. The molecule has 1 aliphatic rings. The highest BCUT2D eigenvalue weighted by Crippen LogP contribution is 2.24. The highest BCUT2D eigenvalue weighted by molar-refractivity contribution is 6.02. The predicted octanol–water partition coefficient (Wildman–Crippen LogP) is 3.58. The third kappa shape index (κ3) is 3.32. The van der Waals surface area contributed by atoms with Gasteiger partial charge < -0.3 is 10.2 Å². The highest BCUT2D eigenvalue weighted by Gasteiger charge is 2.28. The van der Waals surface area contributed by atoms with E-state index in [0.717, 1.165) is 11.3 Å².